The zero-order valence-electron chi connectivity index (χ0n) is 11.8. The summed E-state index contributed by atoms with van der Waals surface area (Å²) in [6, 6.07) is 7.85. The first-order valence-electron chi connectivity index (χ1n) is 7.57. The van der Waals surface area contributed by atoms with Gasteiger partial charge in [0.2, 0.25) is 5.91 Å². The van der Waals surface area contributed by atoms with Crippen molar-refractivity contribution in [2.45, 2.75) is 25.7 Å². The summed E-state index contributed by atoms with van der Waals surface area (Å²) in [7, 11) is 0. The average Bonchev–Trinajstić information content (AvgIpc) is 2.90. The highest BCUT2D eigenvalue weighted by molar-refractivity contribution is 5.94. The van der Waals surface area contributed by atoms with Crippen LogP contribution in [-0.2, 0) is 4.79 Å². The molecule has 0 spiro atoms. The molecule has 1 atom stereocenters. The number of fused-ring (bicyclic) bond motifs is 1. The normalized spacial score (nSPS) is 22.0. The molecular formula is C16H22N2O2. The van der Waals surface area contributed by atoms with E-state index >= 15 is 0 Å². The summed E-state index contributed by atoms with van der Waals surface area (Å²) in [5.41, 5.74) is 0.930. The Labute approximate surface area is 120 Å². The van der Waals surface area contributed by atoms with Gasteiger partial charge in [0.05, 0.1) is 12.3 Å². The van der Waals surface area contributed by atoms with Gasteiger partial charge in [0.15, 0.2) is 0 Å². The van der Waals surface area contributed by atoms with Crippen LogP contribution in [-0.4, -0.2) is 32.1 Å². The molecule has 1 N–H and O–H groups in total. The van der Waals surface area contributed by atoms with Gasteiger partial charge < -0.3 is 15.0 Å². The van der Waals surface area contributed by atoms with Crippen LogP contribution in [0.15, 0.2) is 24.3 Å². The van der Waals surface area contributed by atoms with Crippen LogP contribution < -0.4 is 15.0 Å². The van der Waals surface area contributed by atoms with E-state index in [0.717, 1.165) is 43.9 Å². The van der Waals surface area contributed by atoms with Gasteiger partial charge in [-0.3, -0.25) is 4.79 Å². The van der Waals surface area contributed by atoms with Crippen molar-refractivity contribution in [2.24, 2.45) is 5.92 Å². The molecule has 20 heavy (non-hydrogen) atoms. The van der Waals surface area contributed by atoms with E-state index in [1.807, 2.05) is 29.2 Å². The molecule has 1 amide bonds. The van der Waals surface area contributed by atoms with Crippen LogP contribution in [0.5, 0.6) is 5.75 Å². The van der Waals surface area contributed by atoms with Crippen LogP contribution >= 0.6 is 0 Å². The zero-order chi connectivity index (χ0) is 13.8. The van der Waals surface area contributed by atoms with E-state index in [1.54, 1.807) is 0 Å². The quantitative estimate of drug-likeness (QED) is 0.918. The van der Waals surface area contributed by atoms with Crippen molar-refractivity contribution in [1.29, 1.82) is 0 Å². The minimum absolute atomic E-state index is 0.231. The molecule has 1 saturated heterocycles. The van der Waals surface area contributed by atoms with Crippen molar-refractivity contribution in [3.63, 3.8) is 0 Å². The molecular weight excluding hydrogens is 252 g/mol. The van der Waals surface area contributed by atoms with E-state index in [4.69, 9.17) is 4.74 Å². The number of rotatable bonds is 3. The summed E-state index contributed by atoms with van der Waals surface area (Å²) in [4.78, 5) is 14.4. The Morgan fingerprint density at radius 2 is 2.30 bits per heavy atom. The SMILES string of the molecule is O=C(CCC1CCNC1)N1CCCOc2ccccc21. The van der Waals surface area contributed by atoms with E-state index in [-0.39, 0.29) is 5.91 Å². The van der Waals surface area contributed by atoms with Gasteiger partial charge in [0.1, 0.15) is 5.75 Å². The fourth-order valence-corrected chi connectivity index (χ4v) is 3.01. The predicted octanol–water partition coefficient (Wildman–Crippen LogP) is 2.19. The molecule has 1 fully saturated rings. The summed E-state index contributed by atoms with van der Waals surface area (Å²) in [6.07, 6.45) is 3.73. The van der Waals surface area contributed by atoms with Crippen molar-refractivity contribution in [3.8, 4) is 5.75 Å². The van der Waals surface area contributed by atoms with Crippen LogP contribution in [0.4, 0.5) is 5.69 Å². The van der Waals surface area contributed by atoms with Crippen LogP contribution in [0.25, 0.3) is 0 Å². The summed E-state index contributed by atoms with van der Waals surface area (Å²) >= 11 is 0. The van der Waals surface area contributed by atoms with Gasteiger partial charge in [-0.15, -0.1) is 0 Å². The van der Waals surface area contributed by atoms with Gasteiger partial charge in [-0.2, -0.15) is 0 Å². The monoisotopic (exact) mass is 274 g/mol. The third-order valence-electron chi connectivity index (χ3n) is 4.17. The highest BCUT2D eigenvalue weighted by Gasteiger charge is 2.23. The molecule has 0 aliphatic carbocycles. The van der Waals surface area contributed by atoms with Crippen molar-refractivity contribution < 1.29 is 9.53 Å². The predicted molar refractivity (Wildman–Crippen MR) is 79.1 cm³/mol. The molecule has 2 heterocycles. The van der Waals surface area contributed by atoms with Gasteiger partial charge >= 0.3 is 0 Å². The number of hydrogen-bond acceptors (Lipinski definition) is 3. The molecule has 0 aromatic heterocycles. The van der Waals surface area contributed by atoms with Crippen molar-refractivity contribution >= 4 is 11.6 Å². The Morgan fingerprint density at radius 3 is 3.15 bits per heavy atom. The number of nitrogens with zero attached hydrogens (tertiary/aromatic N) is 1. The Balaban J connectivity index is 1.67. The lowest BCUT2D eigenvalue weighted by Crippen LogP contribution is -2.31. The molecule has 2 aliphatic rings. The molecule has 4 nitrogen and oxygen atoms in total. The van der Waals surface area contributed by atoms with E-state index in [2.05, 4.69) is 5.32 Å². The van der Waals surface area contributed by atoms with Crippen LogP contribution in [0.3, 0.4) is 0 Å². The highest BCUT2D eigenvalue weighted by Crippen LogP contribution is 2.31. The molecule has 2 aliphatic heterocycles. The third kappa shape index (κ3) is 2.96. The highest BCUT2D eigenvalue weighted by atomic mass is 16.5. The Kier molecular flexibility index (Phi) is 4.21. The smallest absolute Gasteiger partial charge is 0.227 e. The molecule has 1 unspecified atom stereocenters. The summed E-state index contributed by atoms with van der Waals surface area (Å²) in [6.45, 7) is 3.61. The molecule has 1 aromatic rings. The number of benzene rings is 1. The molecule has 0 saturated carbocycles. The van der Waals surface area contributed by atoms with Gasteiger partial charge in [-0.25, -0.2) is 0 Å². The van der Waals surface area contributed by atoms with Crippen LogP contribution in [0, 0.1) is 5.92 Å². The Hall–Kier alpha value is -1.55. The third-order valence-corrected chi connectivity index (χ3v) is 4.17. The number of nitrogens with one attached hydrogen (secondary N) is 1. The average molecular weight is 274 g/mol. The standard InChI is InChI=1S/C16H22N2O2/c19-16(7-6-13-8-9-17-12-13)18-10-3-11-20-15-5-2-1-4-14(15)18/h1-2,4-5,13,17H,3,6-12H2. The molecule has 3 rings (SSSR count). The van der Waals surface area contributed by atoms with Crippen LogP contribution in [0.1, 0.15) is 25.7 Å². The lowest BCUT2D eigenvalue weighted by Gasteiger charge is -2.22. The Bertz CT molecular complexity index is 469. The molecule has 0 radical (unpaired) electrons. The fourth-order valence-electron chi connectivity index (χ4n) is 3.01. The maximum atomic E-state index is 12.5. The van der Waals surface area contributed by atoms with E-state index in [1.165, 1.54) is 6.42 Å². The van der Waals surface area contributed by atoms with Crippen molar-refractivity contribution in [3.05, 3.63) is 24.3 Å². The van der Waals surface area contributed by atoms with Crippen LogP contribution in [0.2, 0.25) is 0 Å². The minimum Gasteiger partial charge on any atom is -0.491 e. The first-order valence-corrected chi connectivity index (χ1v) is 7.57. The number of anilines is 1. The van der Waals surface area contributed by atoms with Gasteiger partial charge in [0.25, 0.3) is 0 Å². The van der Waals surface area contributed by atoms with Gasteiger partial charge in [-0.05, 0) is 50.4 Å². The summed E-state index contributed by atoms with van der Waals surface area (Å²) < 4.78 is 5.70. The summed E-state index contributed by atoms with van der Waals surface area (Å²) in [5, 5.41) is 3.36. The lowest BCUT2D eigenvalue weighted by molar-refractivity contribution is -0.118. The van der Waals surface area contributed by atoms with Crippen molar-refractivity contribution in [1.82, 2.24) is 5.32 Å². The largest absolute Gasteiger partial charge is 0.491 e. The van der Waals surface area contributed by atoms with Crippen molar-refractivity contribution in [2.75, 3.05) is 31.1 Å². The van der Waals surface area contributed by atoms with E-state index in [9.17, 15) is 4.79 Å². The number of hydrogen-bond donors (Lipinski definition) is 1. The number of carbonyl (C=O) groups excluding carboxylic acids is 1. The molecule has 4 heteroatoms. The second-order valence-corrected chi connectivity index (χ2v) is 5.61. The number of ether oxygens (including phenoxy) is 1. The second kappa shape index (κ2) is 6.27. The number of para-hydroxylation sites is 2. The Morgan fingerprint density at radius 1 is 1.40 bits per heavy atom. The molecule has 108 valence electrons. The fraction of sp³-hybridized carbons (Fsp3) is 0.562. The number of carbonyl (C=O) groups is 1. The van der Waals surface area contributed by atoms with E-state index in [0.29, 0.717) is 18.9 Å². The minimum atomic E-state index is 0.231. The van der Waals surface area contributed by atoms with Gasteiger partial charge in [-0.1, -0.05) is 12.1 Å². The molecule has 1 aromatic carbocycles. The van der Waals surface area contributed by atoms with E-state index < -0.39 is 0 Å². The first kappa shape index (κ1) is 13.4. The first-order chi connectivity index (χ1) is 9.84. The lowest BCUT2D eigenvalue weighted by atomic mass is 10.0. The molecule has 0 bridgehead atoms. The number of amides is 1. The maximum absolute atomic E-state index is 12.5. The topological polar surface area (TPSA) is 41.6 Å². The summed E-state index contributed by atoms with van der Waals surface area (Å²) in [5.74, 6) is 1.73. The zero-order valence-corrected chi connectivity index (χ0v) is 11.8. The van der Waals surface area contributed by atoms with Gasteiger partial charge in [0, 0.05) is 13.0 Å². The second-order valence-electron chi connectivity index (χ2n) is 5.61. The maximum Gasteiger partial charge on any atom is 0.227 e.